The number of aromatic amines is 1. The highest BCUT2D eigenvalue weighted by atomic mass is 19.1. The van der Waals surface area contributed by atoms with Gasteiger partial charge in [-0.25, -0.2) is 4.39 Å². The molecular weight excluding hydrogens is 309 g/mol. The number of rotatable bonds is 2. The number of amides is 2. The first-order valence-corrected chi connectivity index (χ1v) is 8.17. The number of nitrogens with zero attached hydrogens (tertiary/aromatic N) is 1. The van der Waals surface area contributed by atoms with Gasteiger partial charge in [0.15, 0.2) is 0 Å². The van der Waals surface area contributed by atoms with E-state index in [1.54, 1.807) is 11.0 Å². The third-order valence-electron chi connectivity index (χ3n) is 4.24. The number of primary amides is 1. The van der Waals surface area contributed by atoms with Crippen molar-refractivity contribution in [3.63, 3.8) is 0 Å². The second-order valence-corrected chi connectivity index (χ2v) is 6.35. The summed E-state index contributed by atoms with van der Waals surface area (Å²) < 4.78 is 12.7. The fourth-order valence-corrected chi connectivity index (χ4v) is 2.95. The molecule has 1 aliphatic carbocycles. The van der Waals surface area contributed by atoms with Crippen molar-refractivity contribution in [3.8, 4) is 0 Å². The normalized spacial score (nSPS) is 14.8. The minimum absolute atomic E-state index is 0.292. The van der Waals surface area contributed by atoms with Crippen molar-refractivity contribution >= 4 is 22.7 Å². The second-order valence-electron chi connectivity index (χ2n) is 6.35. The van der Waals surface area contributed by atoms with Gasteiger partial charge < -0.3 is 15.6 Å². The molecule has 0 bridgehead atoms. The molecule has 1 aromatic carbocycles. The minimum Gasteiger partial charge on any atom is -0.364 e. The zero-order valence-corrected chi connectivity index (χ0v) is 14.1. The summed E-state index contributed by atoms with van der Waals surface area (Å²) in [6.45, 7) is 0. The predicted molar refractivity (Wildman–Crippen MR) is 92.0 cm³/mol. The Balaban J connectivity index is 0.000000177. The van der Waals surface area contributed by atoms with E-state index in [9.17, 15) is 14.0 Å². The lowest BCUT2D eigenvalue weighted by Gasteiger charge is -2.23. The van der Waals surface area contributed by atoms with E-state index in [4.69, 9.17) is 5.73 Å². The number of carbonyl (C=O) groups is 2. The molecule has 6 heteroatoms. The van der Waals surface area contributed by atoms with Gasteiger partial charge in [-0.05, 0) is 37.1 Å². The Morgan fingerprint density at radius 3 is 2.42 bits per heavy atom. The fraction of sp³-hybridized carbons (Fsp3) is 0.444. The van der Waals surface area contributed by atoms with E-state index in [2.05, 4.69) is 4.98 Å². The molecule has 130 valence electrons. The molecular formula is C18H24FN3O2. The number of carbonyl (C=O) groups excluding carboxylic acids is 2. The second kappa shape index (κ2) is 7.95. The Morgan fingerprint density at radius 2 is 1.83 bits per heavy atom. The van der Waals surface area contributed by atoms with E-state index < -0.39 is 5.91 Å². The number of H-pyrrole nitrogens is 1. The first-order chi connectivity index (χ1) is 11.4. The predicted octanol–water partition coefficient (Wildman–Crippen LogP) is 3.06. The molecule has 0 aliphatic heterocycles. The molecule has 1 aliphatic rings. The van der Waals surface area contributed by atoms with Crippen LogP contribution in [0.1, 0.15) is 42.6 Å². The van der Waals surface area contributed by atoms with Crippen LogP contribution in [0.25, 0.3) is 10.9 Å². The summed E-state index contributed by atoms with van der Waals surface area (Å²) in [6, 6.07) is 5.76. The van der Waals surface area contributed by atoms with E-state index in [0.717, 1.165) is 12.8 Å². The number of benzene rings is 1. The molecule has 1 aromatic heterocycles. The van der Waals surface area contributed by atoms with Crippen LogP contribution < -0.4 is 5.73 Å². The molecule has 24 heavy (non-hydrogen) atoms. The quantitative estimate of drug-likeness (QED) is 0.886. The molecule has 0 unspecified atom stereocenters. The summed E-state index contributed by atoms with van der Waals surface area (Å²) in [4.78, 5) is 26.7. The number of hydrogen-bond acceptors (Lipinski definition) is 2. The van der Waals surface area contributed by atoms with Gasteiger partial charge in [-0.15, -0.1) is 0 Å². The van der Waals surface area contributed by atoms with Crippen molar-refractivity contribution in [2.75, 3.05) is 14.1 Å². The van der Waals surface area contributed by atoms with E-state index in [1.807, 2.05) is 14.1 Å². The third-order valence-corrected chi connectivity index (χ3v) is 4.24. The Morgan fingerprint density at radius 1 is 1.17 bits per heavy atom. The van der Waals surface area contributed by atoms with Crippen LogP contribution >= 0.6 is 0 Å². The Kier molecular flexibility index (Phi) is 5.95. The first kappa shape index (κ1) is 18.0. The molecule has 0 spiro atoms. The van der Waals surface area contributed by atoms with Gasteiger partial charge in [0.25, 0.3) is 5.91 Å². The van der Waals surface area contributed by atoms with Crippen LogP contribution in [0.5, 0.6) is 0 Å². The standard InChI is InChI=1S/C9H7FN2O.C9H17NO/c10-6-1-2-7-5(3-6)4-8(12-7)9(11)13;1-10(2)9(11)8-6-4-3-5-7-8/h1-4,12H,(H2,11,13);8H,3-7H2,1-2H3. The molecule has 1 heterocycles. The average Bonchev–Trinajstić information content (AvgIpc) is 2.99. The molecule has 1 fully saturated rings. The number of hydrogen-bond donors (Lipinski definition) is 2. The lowest BCUT2D eigenvalue weighted by molar-refractivity contribution is -0.133. The third kappa shape index (κ3) is 4.57. The number of halogens is 1. The smallest absolute Gasteiger partial charge is 0.265 e. The molecule has 5 nitrogen and oxygen atoms in total. The zero-order chi connectivity index (χ0) is 17.7. The number of fused-ring (bicyclic) bond motifs is 1. The number of nitrogens with one attached hydrogen (secondary N) is 1. The lowest BCUT2D eigenvalue weighted by atomic mass is 9.88. The average molecular weight is 333 g/mol. The van der Waals surface area contributed by atoms with Gasteiger partial charge >= 0.3 is 0 Å². The summed E-state index contributed by atoms with van der Waals surface area (Å²) in [5, 5.41) is 0.647. The van der Waals surface area contributed by atoms with Crippen molar-refractivity contribution in [1.82, 2.24) is 9.88 Å². The molecule has 3 rings (SSSR count). The van der Waals surface area contributed by atoms with Crippen molar-refractivity contribution in [1.29, 1.82) is 0 Å². The Labute approximate surface area is 141 Å². The van der Waals surface area contributed by atoms with Crippen molar-refractivity contribution in [2.24, 2.45) is 11.7 Å². The summed E-state index contributed by atoms with van der Waals surface area (Å²) in [6.07, 6.45) is 6.01. The SMILES string of the molecule is CN(C)C(=O)C1CCCCC1.NC(=O)c1cc2cc(F)ccc2[nH]1. The number of aromatic nitrogens is 1. The summed E-state index contributed by atoms with van der Waals surface area (Å²) in [7, 11) is 3.69. The maximum absolute atomic E-state index is 12.7. The van der Waals surface area contributed by atoms with E-state index in [1.165, 1.54) is 37.5 Å². The Hall–Kier alpha value is -2.37. The minimum atomic E-state index is -0.545. The zero-order valence-electron chi connectivity index (χ0n) is 14.1. The van der Waals surface area contributed by atoms with E-state index in [0.29, 0.717) is 28.4 Å². The van der Waals surface area contributed by atoms with Crippen LogP contribution in [0.3, 0.4) is 0 Å². The summed E-state index contributed by atoms with van der Waals surface area (Å²) in [5.41, 5.74) is 6.05. The molecule has 0 atom stereocenters. The maximum atomic E-state index is 12.7. The first-order valence-electron chi connectivity index (χ1n) is 8.17. The lowest BCUT2D eigenvalue weighted by Crippen LogP contribution is -2.30. The largest absolute Gasteiger partial charge is 0.364 e. The van der Waals surface area contributed by atoms with Gasteiger partial charge in [0, 0.05) is 30.9 Å². The number of nitrogens with two attached hydrogens (primary N) is 1. The molecule has 0 saturated heterocycles. The van der Waals surface area contributed by atoms with Crippen LogP contribution in [-0.2, 0) is 4.79 Å². The summed E-state index contributed by atoms with van der Waals surface area (Å²) in [5.74, 6) is -0.220. The highest BCUT2D eigenvalue weighted by Crippen LogP contribution is 2.24. The van der Waals surface area contributed by atoms with Crippen LogP contribution in [0.4, 0.5) is 4.39 Å². The van der Waals surface area contributed by atoms with Crippen molar-refractivity contribution in [3.05, 3.63) is 35.8 Å². The van der Waals surface area contributed by atoms with Gasteiger partial charge in [-0.2, -0.15) is 0 Å². The molecule has 2 aromatic rings. The van der Waals surface area contributed by atoms with Gasteiger partial charge in [-0.1, -0.05) is 19.3 Å². The highest BCUT2D eigenvalue weighted by molar-refractivity contribution is 5.96. The van der Waals surface area contributed by atoms with Gasteiger partial charge in [0.2, 0.25) is 5.91 Å². The molecule has 0 radical (unpaired) electrons. The van der Waals surface area contributed by atoms with Crippen molar-refractivity contribution in [2.45, 2.75) is 32.1 Å². The van der Waals surface area contributed by atoms with Gasteiger partial charge in [0.1, 0.15) is 11.5 Å². The van der Waals surface area contributed by atoms with Crippen LogP contribution in [0.2, 0.25) is 0 Å². The van der Waals surface area contributed by atoms with E-state index >= 15 is 0 Å². The molecule has 3 N–H and O–H groups in total. The monoisotopic (exact) mass is 333 g/mol. The van der Waals surface area contributed by atoms with Gasteiger partial charge in [-0.3, -0.25) is 9.59 Å². The van der Waals surface area contributed by atoms with Crippen LogP contribution in [0.15, 0.2) is 24.3 Å². The maximum Gasteiger partial charge on any atom is 0.265 e. The van der Waals surface area contributed by atoms with Gasteiger partial charge in [0.05, 0.1) is 0 Å². The van der Waals surface area contributed by atoms with Crippen LogP contribution in [-0.4, -0.2) is 35.8 Å². The van der Waals surface area contributed by atoms with Crippen LogP contribution in [0, 0.1) is 11.7 Å². The van der Waals surface area contributed by atoms with E-state index in [-0.39, 0.29) is 5.82 Å². The highest BCUT2D eigenvalue weighted by Gasteiger charge is 2.21. The molecule has 2 amide bonds. The topological polar surface area (TPSA) is 79.2 Å². The fourth-order valence-electron chi connectivity index (χ4n) is 2.95. The molecule has 1 saturated carbocycles. The van der Waals surface area contributed by atoms with Crippen molar-refractivity contribution < 1.29 is 14.0 Å². The Bertz CT molecular complexity index is 718. The summed E-state index contributed by atoms with van der Waals surface area (Å²) >= 11 is 0.